The van der Waals surface area contributed by atoms with Crippen LogP contribution in [0.4, 0.5) is 0 Å². The van der Waals surface area contributed by atoms with Crippen molar-refractivity contribution in [3.63, 3.8) is 0 Å². The van der Waals surface area contributed by atoms with Gasteiger partial charge in [0.1, 0.15) is 0 Å². The SMILES string of the molecule is CC(C)(C)N1CC2CCC(C1)N2CC1[C@H]2CN(C(C)(C)C)C[C@@H]12. The van der Waals surface area contributed by atoms with Crippen LogP contribution >= 0.6 is 0 Å². The van der Waals surface area contributed by atoms with Gasteiger partial charge >= 0.3 is 0 Å². The van der Waals surface area contributed by atoms with Crippen LogP contribution in [0, 0.1) is 17.8 Å². The largest absolute Gasteiger partial charge is 0.298 e. The summed E-state index contributed by atoms with van der Waals surface area (Å²) in [7, 11) is 0. The molecule has 2 bridgehead atoms. The zero-order valence-corrected chi connectivity index (χ0v) is 16.2. The predicted molar refractivity (Wildman–Crippen MR) is 96.6 cm³/mol. The Morgan fingerprint density at radius 3 is 1.57 bits per heavy atom. The van der Waals surface area contributed by atoms with E-state index in [4.69, 9.17) is 0 Å². The van der Waals surface area contributed by atoms with Crippen LogP contribution in [0.3, 0.4) is 0 Å². The van der Waals surface area contributed by atoms with Crippen LogP contribution in [0.2, 0.25) is 0 Å². The lowest BCUT2D eigenvalue weighted by molar-refractivity contribution is 0.0103. The highest BCUT2D eigenvalue weighted by Crippen LogP contribution is 2.54. The number of rotatable bonds is 2. The zero-order valence-electron chi connectivity index (χ0n) is 16.2. The van der Waals surface area contributed by atoms with Crippen LogP contribution in [0.15, 0.2) is 0 Å². The normalized spacial score (nSPS) is 42.3. The molecular formula is C20H37N3. The van der Waals surface area contributed by atoms with Gasteiger partial charge in [-0.1, -0.05) is 0 Å². The van der Waals surface area contributed by atoms with Crippen molar-refractivity contribution >= 4 is 0 Å². The molecule has 132 valence electrons. The molecule has 5 atom stereocenters. The number of hydrogen-bond acceptors (Lipinski definition) is 3. The van der Waals surface area contributed by atoms with Gasteiger partial charge in [0.25, 0.3) is 0 Å². The Morgan fingerprint density at radius 1 is 0.696 bits per heavy atom. The number of fused-ring (bicyclic) bond motifs is 3. The van der Waals surface area contributed by atoms with Crippen molar-refractivity contribution < 1.29 is 0 Å². The van der Waals surface area contributed by atoms with Gasteiger partial charge in [-0.3, -0.25) is 14.7 Å². The molecule has 3 saturated heterocycles. The molecule has 0 N–H and O–H groups in total. The van der Waals surface area contributed by atoms with Crippen molar-refractivity contribution in [2.45, 2.75) is 77.5 Å². The summed E-state index contributed by atoms with van der Waals surface area (Å²) in [6.07, 6.45) is 2.88. The van der Waals surface area contributed by atoms with E-state index in [1.807, 2.05) is 0 Å². The average Bonchev–Trinajstić information content (AvgIpc) is 2.73. The summed E-state index contributed by atoms with van der Waals surface area (Å²) in [5.41, 5.74) is 0.714. The lowest BCUT2D eigenvalue weighted by atomic mass is 10.0. The highest BCUT2D eigenvalue weighted by atomic mass is 15.4. The van der Waals surface area contributed by atoms with Gasteiger partial charge in [0.2, 0.25) is 0 Å². The fourth-order valence-corrected chi connectivity index (χ4v) is 5.55. The highest BCUT2D eigenvalue weighted by Gasteiger charge is 2.58. The lowest BCUT2D eigenvalue weighted by Gasteiger charge is -2.47. The molecular weight excluding hydrogens is 282 g/mol. The number of piperidine rings is 1. The second-order valence-electron chi connectivity index (χ2n) is 10.7. The zero-order chi connectivity index (χ0) is 16.6. The van der Waals surface area contributed by atoms with Gasteiger partial charge in [0.05, 0.1) is 0 Å². The van der Waals surface area contributed by atoms with Gasteiger partial charge in [-0.15, -0.1) is 0 Å². The van der Waals surface area contributed by atoms with Gasteiger partial charge in [-0.25, -0.2) is 0 Å². The standard InChI is InChI=1S/C20H37N3/c1-19(2,3)21-9-14-7-8-15(10-21)23(14)13-18-16-11-22(12-17(16)18)20(4,5)6/h14-18H,7-13H2,1-6H3/t14?,15?,16-,17+,18?. The Labute approximate surface area is 143 Å². The molecule has 4 fully saturated rings. The summed E-state index contributed by atoms with van der Waals surface area (Å²) < 4.78 is 0. The van der Waals surface area contributed by atoms with Crippen LogP contribution in [0.5, 0.6) is 0 Å². The molecule has 3 unspecified atom stereocenters. The van der Waals surface area contributed by atoms with Crippen LogP contribution in [0.1, 0.15) is 54.4 Å². The second-order valence-corrected chi connectivity index (χ2v) is 10.7. The minimum Gasteiger partial charge on any atom is -0.298 e. The van der Waals surface area contributed by atoms with E-state index in [0.29, 0.717) is 11.1 Å². The fourth-order valence-electron chi connectivity index (χ4n) is 5.55. The molecule has 3 heteroatoms. The fraction of sp³-hybridized carbons (Fsp3) is 1.00. The van der Waals surface area contributed by atoms with E-state index in [2.05, 4.69) is 56.2 Å². The Balaban J connectivity index is 1.33. The molecule has 3 nitrogen and oxygen atoms in total. The van der Waals surface area contributed by atoms with Crippen LogP contribution in [-0.2, 0) is 0 Å². The summed E-state index contributed by atoms with van der Waals surface area (Å²) in [6, 6.07) is 1.68. The molecule has 4 aliphatic rings. The minimum atomic E-state index is 0.343. The summed E-state index contributed by atoms with van der Waals surface area (Å²) in [5.74, 6) is 3.03. The molecule has 0 spiro atoms. The molecule has 0 amide bonds. The quantitative estimate of drug-likeness (QED) is 0.775. The summed E-state index contributed by atoms with van der Waals surface area (Å²) in [5, 5.41) is 0. The maximum Gasteiger partial charge on any atom is 0.0227 e. The smallest absolute Gasteiger partial charge is 0.0227 e. The van der Waals surface area contributed by atoms with Gasteiger partial charge in [0, 0.05) is 55.9 Å². The topological polar surface area (TPSA) is 9.72 Å². The number of piperazine rings is 1. The third kappa shape index (κ3) is 2.87. The van der Waals surface area contributed by atoms with E-state index < -0.39 is 0 Å². The lowest BCUT2D eigenvalue weighted by Crippen LogP contribution is -2.59. The van der Waals surface area contributed by atoms with Crippen molar-refractivity contribution in [1.82, 2.24) is 14.7 Å². The molecule has 0 aromatic carbocycles. The first kappa shape index (κ1) is 16.4. The molecule has 0 aromatic rings. The maximum absolute atomic E-state index is 2.92. The van der Waals surface area contributed by atoms with Gasteiger partial charge in [-0.2, -0.15) is 0 Å². The van der Waals surface area contributed by atoms with Crippen molar-refractivity contribution in [2.75, 3.05) is 32.7 Å². The number of likely N-dealkylation sites (tertiary alicyclic amines) is 2. The molecule has 1 saturated carbocycles. The van der Waals surface area contributed by atoms with Crippen molar-refractivity contribution in [1.29, 1.82) is 0 Å². The van der Waals surface area contributed by atoms with E-state index >= 15 is 0 Å². The third-order valence-electron chi connectivity index (χ3n) is 7.32. The first-order valence-corrected chi connectivity index (χ1v) is 9.90. The van der Waals surface area contributed by atoms with Crippen LogP contribution < -0.4 is 0 Å². The molecule has 0 radical (unpaired) electrons. The van der Waals surface area contributed by atoms with Gasteiger partial charge in [0.15, 0.2) is 0 Å². The van der Waals surface area contributed by atoms with Crippen LogP contribution in [-0.4, -0.2) is 70.6 Å². The second kappa shape index (κ2) is 5.19. The first-order valence-electron chi connectivity index (χ1n) is 9.90. The maximum atomic E-state index is 2.92. The molecule has 1 aliphatic carbocycles. The number of nitrogens with zero attached hydrogens (tertiary/aromatic N) is 3. The third-order valence-corrected chi connectivity index (χ3v) is 7.32. The molecule has 23 heavy (non-hydrogen) atoms. The molecule has 0 aromatic heterocycles. The summed E-state index contributed by atoms with van der Waals surface area (Å²) in [6.45, 7) is 21.0. The monoisotopic (exact) mass is 319 g/mol. The van der Waals surface area contributed by atoms with Crippen molar-refractivity contribution in [3.05, 3.63) is 0 Å². The van der Waals surface area contributed by atoms with Gasteiger partial charge < -0.3 is 0 Å². The molecule has 3 heterocycles. The molecule has 3 aliphatic heterocycles. The molecule has 4 rings (SSSR count). The van der Waals surface area contributed by atoms with E-state index in [1.54, 1.807) is 0 Å². The first-order chi connectivity index (χ1) is 10.6. The Hall–Kier alpha value is -0.120. The van der Waals surface area contributed by atoms with E-state index in [1.165, 1.54) is 45.6 Å². The number of hydrogen-bond donors (Lipinski definition) is 0. The van der Waals surface area contributed by atoms with Crippen molar-refractivity contribution in [3.8, 4) is 0 Å². The minimum absolute atomic E-state index is 0.343. The van der Waals surface area contributed by atoms with E-state index in [0.717, 1.165) is 29.8 Å². The average molecular weight is 320 g/mol. The van der Waals surface area contributed by atoms with E-state index in [9.17, 15) is 0 Å². The van der Waals surface area contributed by atoms with Crippen LogP contribution in [0.25, 0.3) is 0 Å². The van der Waals surface area contributed by atoms with Gasteiger partial charge in [-0.05, 0) is 72.1 Å². The Bertz CT molecular complexity index is 434. The predicted octanol–water partition coefficient (Wildman–Crippen LogP) is 2.91. The summed E-state index contributed by atoms with van der Waals surface area (Å²) in [4.78, 5) is 8.37. The Morgan fingerprint density at radius 2 is 1.13 bits per heavy atom. The Kier molecular flexibility index (Phi) is 3.69. The summed E-state index contributed by atoms with van der Waals surface area (Å²) >= 11 is 0. The van der Waals surface area contributed by atoms with Crippen molar-refractivity contribution in [2.24, 2.45) is 17.8 Å². The van der Waals surface area contributed by atoms with E-state index in [-0.39, 0.29) is 0 Å². The highest BCUT2D eigenvalue weighted by molar-refractivity contribution is 5.10.